The van der Waals surface area contributed by atoms with E-state index in [-0.39, 0.29) is 5.97 Å². The predicted molar refractivity (Wildman–Crippen MR) is 144 cm³/mol. The zero-order chi connectivity index (χ0) is 24.2. The molecule has 2 aromatic heterocycles. The largest absolute Gasteiger partial charge is 0.465 e. The summed E-state index contributed by atoms with van der Waals surface area (Å²) in [5, 5.41) is 12.6. The zero-order valence-corrected chi connectivity index (χ0v) is 21.0. The molecule has 0 radical (unpaired) electrons. The number of methoxy groups -OCH3 is 1. The van der Waals surface area contributed by atoms with Crippen molar-refractivity contribution in [2.24, 2.45) is 0 Å². The van der Waals surface area contributed by atoms with E-state index in [1.165, 1.54) is 12.0 Å². The quantitative estimate of drug-likeness (QED) is 0.258. The van der Waals surface area contributed by atoms with Crippen LogP contribution in [0.3, 0.4) is 0 Å². The summed E-state index contributed by atoms with van der Waals surface area (Å²) in [7, 11) is 1.42. The summed E-state index contributed by atoms with van der Waals surface area (Å²) >= 11 is 7.22. The molecule has 0 atom stereocenters. The average molecular weight is 503 g/mol. The van der Waals surface area contributed by atoms with Crippen LogP contribution < -0.4 is 10.6 Å². The summed E-state index contributed by atoms with van der Waals surface area (Å²) < 4.78 is 6.96. The van der Waals surface area contributed by atoms with Crippen LogP contribution in [-0.2, 0) is 24.1 Å². The van der Waals surface area contributed by atoms with Gasteiger partial charge in [0.25, 0.3) is 0 Å². The standard InChI is InChI=1S/C27H26N4O2S2/c1-33-26(32)23-21-14-8-9-15-22(21)35-25(23)29-27(34)28-16-19-17-31(20-12-6-3-7-13-20)30-24(19)18-10-4-2-5-11-18/h2-7,10-13,17H,8-9,14-16H2,1H3,(H2,28,29,34). The number of fused-ring (bicyclic) bond motifs is 1. The summed E-state index contributed by atoms with van der Waals surface area (Å²) in [4.78, 5) is 13.8. The first-order chi connectivity index (χ1) is 17.1. The van der Waals surface area contributed by atoms with E-state index in [0.717, 1.165) is 58.8 Å². The van der Waals surface area contributed by atoms with Crippen molar-refractivity contribution < 1.29 is 9.53 Å². The fourth-order valence-corrected chi connectivity index (χ4v) is 5.91. The highest BCUT2D eigenvalue weighted by Gasteiger charge is 2.26. The Kier molecular flexibility index (Phi) is 6.92. The number of aryl methyl sites for hydroxylation is 1. The van der Waals surface area contributed by atoms with Crippen LogP contribution in [0.4, 0.5) is 5.00 Å². The minimum absolute atomic E-state index is 0.315. The number of esters is 1. The van der Waals surface area contributed by atoms with Gasteiger partial charge < -0.3 is 15.4 Å². The first-order valence-corrected chi connectivity index (χ1v) is 12.8. The lowest BCUT2D eigenvalue weighted by atomic mass is 9.95. The van der Waals surface area contributed by atoms with Crippen LogP contribution in [0.5, 0.6) is 0 Å². The van der Waals surface area contributed by atoms with Crippen LogP contribution in [0, 0.1) is 0 Å². The number of rotatable bonds is 6. The number of carbonyl (C=O) groups is 1. The lowest BCUT2D eigenvalue weighted by Crippen LogP contribution is -2.28. The Morgan fingerprint density at radius 3 is 2.54 bits per heavy atom. The second-order valence-electron chi connectivity index (χ2n) is 8.36. The third-order valence-electron chi connectivity index (χ3n) is 6.09. The van der Waals surface area contributed by atoms with Crippen molar-refractivity contribution in [3.8, 4) is 16.9 Å². The van der Waals surface area contributed by atoms with E-state index < -0.39 is 0 Å². The van der Waals surface area contributed by atoms with Crippen LogP contribution in [0.1, 0.15) is 39.2 Å². The SMILES string of the molecule is COC(=O)c1c(NC(=S)NCc2cn(-c3ccccc3)nc2-c2ccccc2)sc2c1CCCC2. The van der Waals surface area contributed by atoms with Crippen LogP contribution >= 0.6 is 23.6 Å². The Hall–Kier alpha value is -3.49. The van der Waals surface area contributed by atoms with Gasteiger partial charge >= 0.3 is 5.97 Å². The van der Waals surface area contributed by atoms with E-state index in [1.54, 1.807) is 11.3 Å². The van der Waals surface area contributed by atoms with Crippen LogP contribution in [-0.4, -0.2) is 28.0 Å². The van der Waals surface area contributed by atoms with E-state index in [2.05, 4.69) is 22.8 Å². The number of thiophene rings is 1. The van der Waals surface area contributed by atoms with Crippen molar-refractivity contribution in [3.63, 3.8) is 0 Å². The van der Waals surface area contributed by atoms with Crippen molar-refractivity contribution in [3.05, 3.63) is 88.4 Å². The molecule has 0 bridgehead atoms. The Labute approximate surface area is 213 Å². The number of para-hydroxylation sites is 1. The molecular weight excluding hydrogens is 476 g/mol. The second-order valence-corrected chi connectivity index (χ2v) is 9.88. The van der Waals surface area contributed by atoms with Crippen molar-refractivity contribution >= 4 is 39.6 Å². The molecule has 1 aliphatic rings. The molecule has 0 aliphatic heterocycles. The Morgan fingerprint density at radius 1 is 1.09 bits per heavy atom. The third kappa shape index (κ3) is 4.99. The maximum absolute atomic E-state index is 12.5. The molecule has 0 spiro atoms. The number of aromatic nitrogens is 2. The van der Waals surface area contributed by atoms with Crippen molar-refractivity contribution in [2.75, 3.05) is 12.4 Å². The molecular formula is C27H26N4O2S2. The van der Waals surface area contributed by atoms with Gasteiger partial charge in [-0.15, -0.1) is 11.3 Å². The van der Waals surface area contributed by atoms with Gasteiger partial charge in [-0.3, -0.25) is 0 Å². The predicted octanol–water partition coefficient (Wildman–Crippen LogP) is 5.75. The topological polar surface area (TPSA) is 68.2 Å². The fraction of sp³-hybridized carbons (Fsp3) is 0.222. The molecule has 0 saturated carbocycles. The lowest BCUT2D eigenvalue weighted by Gasteiger charge is -2.12. The van der Waals surface area contributed by atoms with Crippen molar-refractivity contribution in [1.29, 1.82) is 0 Å². The zero-order valence-electron chi connectivity index (χ0n) is 19.4. The maximum Gasteiger partial charge on any atom is 0.341 e. The molecule has 0 unspecified atom stereocenters. The molecule has 2 heterocycles. The molecule has 0 fully saturated rings. The molecule has 178 valence electrons. The number of nitrogens with one attached hydrogen (secondary N) is 2. The third-order valence-corrected chi connectivity index (χ3v) is 7.54. The van der Waals surface area contributed by atoms with E-state index in [1.807, 2.05) is 59.4 Å². The molecule has 35 heavy (non-hydrogen) atoms. The summed E-state index contributed by atoms with van der Waals surface area (Å²) in [5.74, 6) is -0.315. The number of ether oxygens (including phenoxy) is 1. The highest BCUT2D eigenvalue weighted by Crippen LogP contribution is 2.38. The molecule has 0 saturated heterocycles. The van der Waals surface area contributed by atoms with Gasteiger partial charge in [-0.1, -0.05) is 48.5 Å². The van der Waals surface area contributed by atoms with Gasteiger partial charge in [-0.2, -0.15) is 5.10 Å². The molecule has 5 rings (SSSR count). The van der Waals surface area contributed by atoms with E-state index in [9.17, 15) is 4.79 Å². The molecule has 8 heteroatoms. The number of hydrogen-bond acceptors (Lipinski definition) is 5. The molecule has 1 aliphatic carbocycles. The summed E-state index contributed by atoms with van der Waals surface area (Å²) in [6, 6.07) is 20.1. The molecule has 2 N–H and O–H groups in total. The van der Waals surface area contributed by atoms with Gasteiger partial charge in [0.1, 0.15) is 5.00 Å². The summed E-state index contributed by atoms with van der Waals surface area (Å²) in [5.41, 5.74) is 5.67. The van der Waals surface area contributed by atoms with Crippen LogP contribution in [0.15, 0.2) is 66.9 Å². The van der Waals surface area contributed by atoms with Gasteiger partial charge in [0, 0.05) is 28.7 Å². The van der Waals surface area contributed by atoms with Gasteiger partial charge in [0.05, 0.1) is 24.1 Å². The minimum atomic E-state index is -0.315. The number of carbonyl (C=O) groups excluding carboxylic acids is 1. The average Bonchev–Trinajstić information content (AvgIpc) is 3.49. The monoisotopic (exact) mass is 502 g/mol. The molecule has 0 amide bonds. The Bertz CT molecular complexity index is 1350. The summed E-state index contributed by atoms with van der Waals surface area (Å²) in [6.07, 6.45) is 6.15. The number of benzene rings is 2. The van der Waals surface area contributed by atoms with Crippen LogP contribution in [0.2, 0.25) is 0 Å². The fourth-order valence-electron chi connectivity index (χ4n) is 4.39. The Balaban J connectivity index is 1.37. The molecule has 2 aromatic carbocycles. The van der Waals surface area contributed by atoms with Crippen LogP contribution in [0.25, 0.3) is 16.9 Å². The number of hydrogen-bond donors (Lipinski definition) is 2. The molecule has 6 nitrogen and oxygen atoms in total. The first-order valence-electron chi connectivity index (χ1n) is 11.6. The number of nitrogens with zero attached hydrogens (tertiary/aromatic N) is 2. The normalized spacial score (nSPS) is 12.6. The van der Waals surface area contributed by atoms with Gasteiger partial charge in [0.2, 0.25) is 0 Å². The van der Waals surface area contributed by atoms with Gasteiger partial charge in [0.15, 0.2) is 5.11 Å². The number of anilines is 1. The van der Waals surface area contributed by atoms with Gasteiger partial charge in [-0.25, -0.2) is 9.48 Å². The summed E-state index contributed by atoms with van der Waals surface area (Å²) in [6.45, 7) is 0.488. The Morgan fingerprint density at radius 2 is 1.80 bits per heavy atom. The van der Waals surface area contributed by atoms with E-state index >= 15 is 0 Å². The first kappa shape index (κ1) is 23.3. The lowest BCUT2D eigenvalue weighted by molar-refractivity contribution is 0.0601. The smallest absolute Gasteiger partial charge is 0.341 e. The highest BCUT2D eigenvalue weighted by atomic mass is 32.1. The van der Waals surface area contributed by atoms with Crippen molar-refractivity contribution in [1.82, 2.24) is 15.1 Å². The second kappa shape index (κ2) is 10.4. The van der Waals surface area contributed by atoms with E-state index in [4.69, 9.17) is 22.1 Å². The van der Waals surface area contributed by atoms with Gasteiger partial charge in [-0.05, 0) is 55.6 Å². The van der Waals surface area contributed by atoms with E-state index in [0.29, 0.717) is 17.2 Å². The molecule has 4 aromatic rings. The number of thiocarbonyl (C=S) groups is 1. The maximum atomic E-state index is 12.5. The highest BCUT2D eigenvalue weighted by molar-refractivity contribution is 7.80. The minimum Gasteiger partial charge on any atom is -0.465 e. The van der Waals surface area contributed by atoms with Crippen molar-refractivity contribution in [2.45, 2.75) is 32.2 Å².